The third-order valence-corrected chi connectivity index (χ3v) is 8.13. The number of hydrogen-bond acceptors (Lipinski definition) is 4. The van der Waals surface area contributed by atoms with Gasteiger partial charge in [-0.15, -0.1) is 0 Å². The number of nitrogens with one attached hydrogen (secondary N) is 1. The number of piperidine rings is 1. The molecule has 0 bridgehead atoms. The lowest BCUT2D eigenvalue weighted by Gasteiger charge is -2.26. The molecule has 1 aliphatic heterocycles. The van der Waals surface area contributed by atoms with Crippen LogP contribution in [0.25, 0.3) is 0 Å². The summed E-state index contributed by atoms with van der Waals surface area (Å²) in [7, 11) is -3.58. The van der Waals surface area contributed by atoms with E-state index in [1.54, 1.807) is 0 Å². The van der Waals surface area contributed by atoms with E-state index in [-0.39, 0.29) is 34.2 Å². The van der Waals surface area contributed by atoms with Gasteiger partial charge in [-0.3, -0.25) is 4.79 Å². The van der Waals surface area contributed by atoms with E-state index in [4.69, 9.17) is 16.3 Å². The fourth-order valence-corrected chi connectivity index (χ4v) is 5.81. The topological polar surface area (TPSA) is 75.7 Å². The Kier molecular flexibility index (Phi) is 7.85. The first-order valence-corrected chi connectivity index (χ1v) is 12.7. The van der Waals surface area contributed by atoms with Gasteiger partial charge < -0.3 is 10.1 Å². The van der Waals surface area contributed by atoms with Crippen LogP contribution in [0.15, 0.2) is 35.2 Å². The van der Waals surface area contributed by atoms with E-state index in [9.17, 15) is 13.2 Å². The summed E-state index contributed by atoms with van der Waals surface area (Å²) in [6.45, 7) is 8.91. The number of aryl methyl sites for hydroxylation is 3. The van der Waals surface area contributed by atoms with Gasteiger partial charge in [0.15, 0.2) is 6.61 Å². The van der Waals surface area contributed by atoms with Crippen LogP contribution in [0, 0.1) is 20.8 Å². The highest BCUT2D eigenvalue weighted by Gasteiger charge is 2.26. The van der Waals surface area contributed by atoms with Gasteiger partial charge in [0.25, 0.3) is 5.91 Å². The number of nitrogens with zero attached hydrogens (tertiary/aromatic N) is 1. The second-order valence-corrected chi connectivity index (χ2v) is 10.8. The second-order valence-electron chi connectivity index (χ2n) is 8.43. The minimum atomic E-state index is -3.58. The number of carbonyl (C=O) groups excluding carboxylic acids is 1. The third-order valence-electron chi connectivity index (χ3n) is 5.94. The van der Waals surface area contributed by atoms with Crippen molar-refractivity contribution in [1.29, 1.82) is 0 Å². The molecule has 2 aromatic carbocycles. The molecule has 6 nitrogen and oxygen atoms in total. The van der Waals surface area contributed by atoms with Crippen LogP contribution in [0.4, 0.5) is 0 Å². The smallest absolute Gasteiger partial charge is 0.258 e. The van der Waals surface area contributed by atoms with Gasteiger partial charge in [0.2, 0.25) is 10.0 Å². The summed E-state index contributed by atoms with van der Waals surface area (Å²) in [6, 6.07) is 8.41. The van der Waals surface area contributed by atoms with Gasteiger partial charge in [0.1, 0.15) is 5.75 Å². The zero-order valence-electron chi connectivity index (χ0n) is 19.1. The molecule has 1 atom stereocenters. The number of benzene rings is 2. The van der Waals surface area contributed by atoms with Crippen LogP contribution >= 0.6 is 11.6 Å². The highest BCUT2D eigenvalue weighted by atomic mass is 35.5. The van der Waals surface area contributed by atoms with E-state index in [2.05, 4.69) is 24.4 Å². The first-order valence-electron chi connectivity index (χ1n) is 10.9. The van der Waals surface area contributed by atoms with Crippen LogP contribution in [0.1, 0.15) is 54.5 Å². The van der Waals surface area contributed by atoms with Crippen LogP contribution in [0.3, 0.4) is 0 Å². The second kappa shape index (κ2) is 10.2. The maximum atomic E-state index is 12.8. The first-order chi connectivity index (χ1) is 15.1. The number of hydrogen-bond donors (Lipinski definition) is 1. The van der Waals surface area contributed by atoms with Crippen molar-refractivity contribution in [3.8, 4) is 5.75 Å². The van der Waals surface area contributed by atoms with Gasteiger partial charge in [-0.2, -0.15) is 4.31 Å². The van der Waals surface area contributed by atoms with E-state index in [0.717, 1.165) is 30.4 Å². The van der Waals surface area contributed by atoms with Crippen molar-refractivity contribution >= 4 is 27.5 Å². The molecule has 3 rings (SSSR count). The van der Waals surface area contributed by atoms with E-state index in [1.165, 1.54) is 33.6 Å². The number of amides is 1. The number of ether oxygens (including phenoxy) is 1. The van der Waals surface area contributed by atoms with E-state index < -0.39 is 10.0 Å². The van der Waals surface area contributed by atoms with Crippen LogP contribution in [-0.4, -0.2) is 38.3 Å². The van der Waals surface area contributed by atoms with Gasteiger partial charge in [0.05, 0.1) is 16.0 Å². The fraction of sp³-hybridized carbons (Fsp3) is 0.458. The SMILES string of the molecule is Cc1cc(C)c([C@@H](C)NC(=O)COc2ccc(S(=O)(=O)N3CCCCC3)cc2Cl)cc1C. The molecular weight excluding hydrogens is 448 g/mol. The molecule has 32 heavy (non-hydrogen) atoms. The van der Waals surface area contributed by atoms with Gasteiger partial charge in [-0.05, 0) is 81.0 Å². The molecule has 1 amide bonds. The van der Waals surface area contributed by atoms with Crippen molar-refractivity contribution in [2.45, 2.75) is 57.9 Å². The molecule has 1 fully saturated rings. The molecule has 2 aromatic rings. The van der Waals surface area contributed by atoms with Gasteiger partial charge in [-0.1, -0.05) is 30.2 Å². The average molecular weight is 479 g/mol. The summed E-state index contributed by atoms with van der Waals surface area (Å²) >= 11 is 6.27. The minimum Gasteiger partial charge on any atom is -0.482 e. The van der Waals surface area contributed by atoms with Gasteiger partial charge in [0, 0.05) is 13.1 Å². The van der Waals surface area contributed by atoms with E-state index in [0.29, 0.717) is 13.1 Å². The molecule has 8 heteroatoms. The number of rotatable bonds is 7. The molecule has 0 spiro atoms. The number of sulfonamides is 1. The molecular formula is C24H31ClN2O4S. The predicted molar refractivity (Wildman–Crippen MR) is 127 cm³/mol. The molecule has 174 valence electrons. The minimum absolute atomic E-state index is 0.139. The van der Waals surface area contributed by atoms with Gasteiger partial charge >= 0.3 is 0 Å². The first kappa shape index (κ1) is 24.6. The molecule has 0 saturated carbocycles. The highest BCUT2D eigenvalue weighted by molar-refractivity contribution is 7.89. The average Bonchev–Trinajstić information content (AvgIpc) is 2.75. The Morgan fingerprint density at radius 3 is 2.38 bits per heavy atom. The molecule has 0 aliphatic carbocycles. The van der Waals surface area contributed by atoms with Crippen LogP contribution < -0.4 is 10.1 Å². The standard InChI is InChI=1S/C24H31ClN2O4S/c1-16-12-18(3)21(13-17(16)2)19(4)26-24(28)15-31-23-9-8-20(14-22(23)25)32(29,30)27-10-6-5-7-11-27/h8-9,12-14,19H,5-7,10-11,15H2,1-4H3,(H,26,28)/t19-/m1/s1. The molecule has 1 aliphatic rings. The zero-order chi connectivity index (χ0) is 23.5. The summed E-state index contributed by atoms with van der Waals surface area (Å²) in [4.78, 5) is 12.6. The zero-order valence-corrected chi connectivity index (χ0v) is 20.6. The molecule has 0 radical (unpaired) electrons. The number of carbonyl (C=O) groups is 1. The Hall–Kier alpha value is -2.09. The lowest BCUT2D eigenvalue weighted by atomic mass is 9.96. The monoisotopic (exact) mass is 478 g/mol. The largest absolute Gasteiger partial charge is 0.482 e. The molecule has 1 heterocycles. The Labute approximate surface area is 196 Å². The highest BCUT2D eigenvalue weighted by Crippen LogP contribution is 2.30. The Bertz CT molecular complexity index is 1100. The summed E-state index contributed by atoms with van der Waals surface area (Å²) in [6.07, 6.45) is 2.77. The van der Waals surface area contributed by atoms with Gasteiger partial charge in [-0.25, -0.2) is 8.42 Å². The van der Waals surface area contributed by atoms with E-state index >= 15 is 0 Å². The van der Waals surface area contributed by atoms with Crippen molar-refractivity contribution in [3.63, 3.8) is 0 Å². The van der Waals surface area contributed by atoms with Crippen molar-refractivity contribution < 1.29 is 17.9 Å². The number of halogens is 1. The summed E-state index contributed by atoms with van der Waals surface area (Å²) in [5, 5.41) is 3.10. The third kappa shape index (κ3) is 5.63. The van der Waals surface area contributed by atoms with Crippen LogP contribution in [0.5, 0.6) is 5.75 Å². The molecule has 1 saturated heterocycles. The molecule has 0 unspecified atom stereocenters. The molecule has 0 aromatic heterocycles. The Morgan fingerprint density at radius 2 is 1.72 bits per heavy atom. The Morgan fingerprint density at radius 1 is 1.06 bits per heavy atom. The summed E-state index contributed by atoms with van der Waals surface area (Å²) in [5.41, 5.74) is 4.57. The lowest BCUT2D eigenvalue weighted by molar-refractivity contribution is -0.123. The van der Waals surface area contributed by atoms with Crippen molar-refractivity contribution in [2.24, 2.45) is 0 Å². The maximum Gasteiger partial charge on any atom is 0.258 e. The van der Waals surface area contributed by atoms with Crippen LogP contribution in [-0.2, 0) is 14.8 Å². The van der Waals surface area contributed by atoms with Crippen LogP contribution in [0.2, 0.25) is 5.02 Å². The van der Waals surface area contributed by atoms with Crippen molar-refractivity contribution in [1.82, 2.24) is 9.62 Å². The van der Waals surface area contributed by atoms with E-state index in [1.807, 2.05) is 20.8 Å². The van der Waals surface area contributed by atoms with Crippen molar-refractivity contribution in [2.75, 3.05) is 19.7 Å². The summed E-state index contributed by atoms with van der Waals surface area (Å²) < 4.78 is 32.7. The quantitative estimate of drug-likeness (QED) is 0.626. The summed E-state index contributed by atoms with van der Waals surface area (Å²) in [5.74, 6) is -0.00867. The molecule has 1 N–H and O–H groups in total. The Balaban J connectivity index is 1.62. The van der Waals surface area contributed by atoms with Crippen molar-refractivity contribution in [3.05, 3.63) is 57.6 Å². The normalized spacial score (nSPS) is 15.9. The maximum absolute atomic E-state index is 12.8. The predicted octanol–water partition coefficient (Wildman–Crippen LogP) is 4.70. The fourth-order valence-electron chi connectivity index (χ4n) is 3.97. The lowest BCUT2D eigenvalue weighted by Crippen LogP contribution is -2.35.